The Bertz CT molecular complexity index is 114. The van der Waals surface area contributed by atoms with Gasteiger partial charge in [0.15, 0.2) is 0 Å². The smallest absolute Gasteiger partial charge is 0.0856 e. The maximum absolute atomic E-state index is 10.5. The summed E-state index contributed by atoms with van der Waals surface area (Å²) in [6.45, 7) is 0.194. The van der Waals surface area contributed by atoms with E-state index in [4.69, 9.17) is 0 Å². The van der Waals surface area contributed by atoms with Crippen molar-refractivity contribution in [3.63, 3.8) is 0 Å². The molecule has 0 saturated heterocycles. The molecule has 51 valence electrons. The van der Waals surface area contributed by atoms with Gasteiger partial charge in [-0.05, 0) is 30.6 Å². The molecule has 1 unspecified atom stereocenters. The predicted molar refractivity (Wildman–Crippen MR) is 34.6 cm³/mol. The van der Waals surface area contributed by atoms with Gasteiger partial charge < -0.3 is 0 Å². The van der Waals surface area contributed by atoms with Crippen LogP contribution in [0.25, 0.3) is 0 Å². The van der Waals surface area contributed by atoms with Gasteiger partial charge in [-0.1, -0.05) is 12.8 Å². The summed E-state index contributed by atoms with van der Waals surface area (Å²) in [5, 5.41) is 10.5. The Morgan fingerprint density at radius 3 is 2.44 bits per heavy atom. The highest BCUT2D eigenvalue weighted by Crippen LogP contribution is 2.62. The average molecular weight is 125 g/mol. The molecule has 1 heteroatoms. The average Bonchev–Trinajstić information content (AvgIpc) is 2.30. The van der Waals surface area contributed by atoms with Crippen molar-refractivity contribution in [2.75, 3.05) is 6.61 Å². The molecule has 2 rings (SSSR count). The summed E-state index contributed by atoms with van der Waals surface area (Å²) < 4.78 is 0. The van der Waals surface area contributed by atoms with Gasteiger partial charge in [0.25, 0.3) is 0 Å². The van der Waals surface area contributed by atoms with Crippen molar-refractivity contribution >= 4 is 0 Å². The van der Waals surface area contributed by atoms with Crippen LogP contribution in [0.15, 0.2) is 0 Å². The van der Waals surface area contributed by atoms with E-state index in [-0.39, 0.29) is 6.61 Å². The first-order chi connectivity index (χ1) is 4.37. The molecule has 9 heavy (non-hydrogen) atoms. The van der Waals surface area contributed by atoms with Gasteiger partial charge >= 0.3 is 0 Å². The van der Waals surface area contributed by atoms with E-state index in [0.29, 0.717) is 11.3 Å². The van der Waals surface area contributed by atoms with Crippen molar-refractivity contribution in [1.29, 1.82) is 0 Å². The Hall–Kier alpha value is -0.0400. The molecule has 2 fully saturated rings. The lowest BCUT2D eigenvalue weighted by Crippen LogP contribution is -1.98. The van der Waals surface area contributed by atoms with Crippen molar-refractivity contribution in [1.82, 2.24) is 0 Å². The number of rotatable bonds is 1. The van der Waals surface area contributed by atoms with Crippen molar-refractivity contribution in [2.45, 2.75) is 32.1 Å². The fraction of sp³-hybridized carbons (Fsp3) is 1.00. The van der Waals surface area contributed by atoms with E-state index >= 15 is 0 Å². The van der Waals surface area contributed by atoms with Gasteiger partial charge in [-0.3, -0.25) is 0 Å². The van der Waals surface area contributed by atoms with Crippen LogP contribution in [0, 0.1) is 11.3 Å². The second-order valence-corrected chi connectivity index (χ2v) is 3.64. The van der Waals surface area contributed by atoms with Crippen molar-refractivity contribution in [2.24, 2.45) is 11.3 Å². The molecule has 0 amide bonds. The molecule has 1 radical (unpaired) electrons. The molecule has 2 aliphatic carbocycles. The van der Waals surface area contributed by atoms with Crippen LogP contribution < -0.4 is 0 Å². The molecule has 0 bridgehead atoms. The SMILES string of the molecule is [O]CC1CC12CCCC2. The van der Waals surface area contributed by atoms with Crippen LogP contribution in [0.1, 0.15) is 32.1 Å². The fourth-order valence-corrected chi connectivity index (χ4v) is 2.36. The summed E-state index contributed by atoms with van der Waals surface area (Å²) in [6.07, 6.45) is 6.75. The lowest BCUT2D eigenvalue weighted by atomic mass is 10.0. The Morgan fingerprint density at radius 1 is 1.33 bits per heavy atom. The molecular weight excluding hydrogens is 112 g/mol. The molecule has 2 saturated carbocycles. The van der Waals surface area contributed by atoms with E-state index in [1.807, 2.05) is 0 Å². The highest BCUT2D eigenvalue weighted by Gasteiger charge is 2.54. The Morgan fingerprint density at radius 2 is 2.00 bits per heavy atom. The second kappa shape index (κ2) is 1.72. The summed E-state index contributed by atoms with van der Waals surface area (Å²) in [4.78, 5) is 0. The molecule has 2 aliphatic rings. The Labute approximate surface area is 56.1 Å². The molecular formula is C8H13O. The third kappa shape index (κ3) is 0.710. The fourth-order valence-electron chi connectivity index (χ4n) is 2.36. The van der Waals surface area contributed by atoms with E-state index < -0.39 is 0 Å². The predicted octanol–water partition coefficient (Wildman–Crippen LogP) is 2.00. The molecule has 1 atom stereocenters. The molecule has 1 spiro atoms. The number of hydrogen-bond acceptors (Lipinski definition) is 0. The minimum Gasteiger partial charge on any atom is -0.236 e. The number of hydrogen-bond donors (Lipinski definition) is 0. The van der Waals surface area contributed by atoms with Gasteiger partial charge in [0, 0.05) is 0 Å². The van der Waals surface area contributed by atoms with E-state index in [9.17, 15) is 5.11 Å². The van der Waals surface area contributed by atoms with Gasteiger partial charge in [0.1, 0.15) is 0 Å². The summed E-state index contributed by atoms with van der Waals surface area (Å²) in [5.74, 6) is 0.583. The van der Waals surface area contributed by atoms with Crippen LogP contribution in [0.4, 0.5) is 0 Å². The molecule has 0 heterocycles. The minimum atomic E-state index is 0.194. The topological polar surface area (TPSA) is 19.9 Å². The molecule has 0 aromatic heterocycles. The summed E-state index contributed by atoms with van der Waals surface area (Å²) in [6, 6.07) is 0. The van der Waals surface area contributed by atoms with Gasteiger partial charge in [-0.2, -0.15) is 0 Å². The lowest BCUT2D eigenvalue weighted by Gasteiger charge is -2.03. The maximum atomic E-state index is 10.5. The largest absolute Gasteiger partial charge is 0.236 e. The van der Waals surface area contributed by atoms with Crippen LogP contribution >= 0.6 is 0 Å². The zero-order valence-corrected chi connectivity index (χ0v) is 5.73. The summed E-state index contributed by atoms with van der Waals surface area (Å²) in [7, 11) is 0. The first-order valence-corrected chi connectivity index (χ1v) is 3.95. The molecule has 1 nitrogen and oxygen atoms in total. The second-order valence-electron chi connectivity index (χ2n) is 3.64. The normalized spacial score (nSPS) is 37.7. The van der Waals surface area contributed by atoms with Crippen LogP contribution in [0.2, 0.25) is 0 Å². The monoisotopic (exact) mass is 125 g/mol. The van der Waals surface area contributed by atoms with Gasteiger partial charge in [0.2, 0.25) is 0 Å². The van der Waals surface area contributed by atoms with Crippen molar-refractivity contribution in [3.05, 3.63) is 0 Å². The van der Waals surface area contributed by atoms with Gasteiger partial charge in [-0.15, -0.1) is 0 Å². The molecule has 0 aliphatic heterocycles. The molecule has 0 aromatic carbocycles. The molecule has 0 aromatic rings. The van der Waals surface area contributed by atoms with E-state index in [2.05, 4.69) is 0 Å². The first-order valence-electron chi connectivity index (χ1n) is 3.95. The highest BCUT2D eigenvalue weighted by atomic mass is 16.3. The Kier molecular flexibility index (Phi) is 1.10. The van der Waals surface area contributed by atoms with Crippen molar-refractivity contribution in [3.8, 4) is 0 Å². The minimum absolute atomic E-state index is 0.194. The Balaban J connectivity index is 1.97. The standard InChI is InChI=1S/C8H13O/c9-6-7-5-8(7)3-1-2-4-8/h7H,1-6H2. The third-order valence-corrected chi connectivity index (χ3v) is 3.16. The quantitative estimate of drug-likeness (QED) is 0.511. The van der Waals surface area contributed by atoms with Crippen LogP contribution in [-0.2, 0) is 5.11 Å². The summed E-state index contributed by atoms with van der Waals surface area (Å²) in [5.41, 5.74) is 0.599. The van der Waals surface area contributed by atoms with Crippen LogP contribution in [0.3, 0.4) is 0 Å². The van der Waals surface area contributed by atoms with Crippen LogP contribution in [0.5, 0.6) is 0 Å². The maximum Gasteiger partial charge on any atom is 0.0856 e. The van der Waals surface area contributed by atoms with E-state index in [1.54, 1.807) is 0 Å². The third-order valence-electron chi connectivity index (χ3n) is 3.16. The zero-order valence-electron chi connectivity index (χ0n) is 5.73. The van der Waals surface area contributed by atoms with Gasteiger partial charge in [-0.25, -0.2) is 5.11 Å². The molecule has 0 N–H and O–H groups in total. The zero-order chi connectivity index (χ0) is 6.32. The lowest BCUT2D eigenvalue weighted by molar-refractivity contribution is 0.163. The van der Waals surface area contributed by atoms with Gasteiger partial charge in [0.05, 0.1) is 6.61 Å². The first kappa shape index (κ1) is 5.72. The highest BCUT2D eigenvalue weighted by molar-refractivity contribution is 5.04. The van der Waals surface area contributed by atoms with E-state index in [1.165, 1.54) is 32.1 Å². The summed E-state index contributed by atoms with van der Waals surface area (Å²) >= 11 is 0. The van der Waals surface area contributed by atoms with Crippen molar-refractivity contribution < 1.29 is 5.11 Å². The van der Waals surface area contributed by atoms with Crippen LogP contribution in [-0.4, -0.2) is 6.61 Å². The van der Waals surface area contributed by atoms with E-state index in [0.717, 1.165) is 0 Å².